The number of carboxylic acids is 1. The number of carboxylic acid groups (broad SMARTS) is 1. The van der Waals surface area contributed by atoms with Crippen molar-refractivity contribution < 1.29 is 19.4 Å². The van der Waals surface area contributed by atoms with Crippen molar-refractivity contribution in [3.63, 3.8) is 0 Å². The molecule has 2 rings (SSSR count). The molecular weight excluding hydrogens is 274 g/mol. The number of fused-ring (bicyclic) bond motifs is 1. The number of carbonyl (C=O) groups is 2. The normalized spacial score (nSPS) is 14.6. The smallest absolute Gasteiger partial charge is 0.303 e. The number of nitrogens with zero attached hydrogens (tertiary/aromatic N) is 2. The molecule has 1 atom stereocenters. The first kappa shape index (κ1) is 15.3. The van der Waals surface area contributed by atoms with E-state index in [1.165, 1.54) is 0 Å². The van der Waals surface area contributed by atoms with Crippen molar-refractivity contribution in [2.24, 2.45) is 11.8 Å². The predicted octanol–water partition coefficient (Wildman–Crippen LogP) is 1.14. The molecule has 0 spiro atoms. The molecule has 7 heteroatoms. The molecule has 1 aromatic heterocycles. The van der Waals surface area contributed by atoms with E-state index in [2.05, 4.69) is 10.4 Å². The topological polar surface area (TPSA) is 93.5 Å². The fourth-order valence-electron chi connectivity index (χ4n) is 2.50. The van der Waals surface area contributed by atoms with Crippen molar-refractivity contribution in [2.45, 2.75) is 33.2 Å². The summed E-state index contributed by atoms with van der Waals surface area (Å²) in [5.41, 5.74) is 0.309. The van der Waals surface area contributed by atoms with Gasteiger partial charge in [0.15, 0.2) is 5.69 Å². The van der Waals surface area contributed by atoms with Crippen LogP contribution in [0.25, 0.3) is 0 Å². The van der Waals surface area contributed by atoms with Crippen molar-refractivity contribution in [3.8, 4) is 5.88 Å². The first-order chi connectivity index (χ1) is 9.95. The largest absolute Gasteiger partial charge is 0.481 e. The van der Waals surface area contributed by atoms with Gasteiger partial charge >= 0.3 is 5.97 Å². The van der Waals surface area contributed by atoms with E-state index in [-0.39, 0.29) is 18.2 Å². The molecule has 0 unspecified atom stereocenters. The van der Waals surface area contributed by atoms with Gasteiger partial charge in [-0.15, -0.1) is 0 Å². The van der Waals surface area contributed by atoms with Crippen LogP contribution in [0.4, 0.5) is 0 Å². The van der Waals surface area contributed by atoms with Crippen molar-refractivity contribution in [1.82, 2.24) is 15.1 Å². The Balaban J connectivity index is 1.89. The van der Waals surface area contributed by atoms with E-state index < -0.39 is 5.97 Å². The first-order valence-corrected chi connectivity index (χ1v) is 7.16. The average Bonchev–Trinajstić information content (AvgIpc) is 2.94. The lowest BCUT2D eigenvalue weighted by Gasteiger charge is -2.17. The highest BCUT2D eigenvalue weighted by Crippen LogP contribution is 2.19. The number of nitrogens with one attached hydrogen (secondary N) is 1. The number of amides is 1. The van der Waals surface area contributed by atoms with Gasteiger partial charge in [-0.1, -0.05) is 13.8 Å². The Labute approximate surface area is 123 Å². The predicted molar refractivity (Wildman–Crippen MR) is 75.3 cm³/mol. The second-order valence-corrected chi connectivity index (χ2v) is 5.74. The fraction of sp³-hybridized carbons (Fsp3) is 0.643. The van der Waals surface area contributed by atoms with E-state index in [4.69, 9.17) is 9.84 Å². The molecular formula is C14H21N3O4. The minimum absolute atomic E-state index is 0.0568. The zero-order valence-corrected chi connectivity index (χ0v) is 12.3. The monoisotopic (exact) mass is 295 g/mol. The minimum Gasteiger partial charge on any atom is -0.481 e. The Hall–Kier alpha value is -2.05. The van der Waals surface area contributed by atoms with Gasteiger partial charge in [-0.2, -0.15) is 5.10 Å². The Morgan fingerprint density at radius 3 is 2.90 bits per heavy atom. The molecule has 0 saturated carbocycles. The Bertz CT molecular complexity index is 503. The van der Waals surface area contributed by atoms with Gasteiger partial charge in [-0.05, 0) is 18.3 Å². The van der Waals surface area contributed by atoms with E-state index in [1.807, 2.05) is 13.8 Å². The number of hydrogen-bond donors (Lipinski definition) is 2. The molecule has 0 bridgehead atoms. The number of aliphatic carboxylic acids is 1. The van der Waals surface area contributed by atoms with Crippen LogP contribution in [0.5, 0.6) is 5.88 Å². The Morgan fingerprint density at radius 1 is 1.52 bits per heavy atom. The summed E-state index contributed by atoms with van der Waals surface area (Å²) in [6.45, 7) is 5.64. The highest BCUT2D eigenvalue weighted by Gasteiger charge is 2.21. The number of carbonyl (C=O) groups excluding carboxylic acids is 1. The maximum absolute atomic E-state index is 12.0. The molecule has 0 fully saturated rings. The number of ether oxygens (including phenoxy) is 1. The van der Waals surface area contributed by atoms with Crippen LogP contribution >= 0.6 is 0 Å². The van der Waals surface area contributed by atoms with Crippen LogP contribution in [0.3, 0.4) is 0 Å². The van der Waals surface area contributed by atoms with Gasteiger partial charge in [0.2, 0.25) is 5.88 Å². The molecule has 1 aromatic rings. The maximum atomic E-state index is 12.0. The third kappa shape index (κ3) is 4.21. The van der Waals surface area contributed by atoms with Gasteiger partial charge in [0.05, 0.1) is 6.54 Å². The number of hydrogen-bond acceptors (Lipinski definition) is 4. The van der Waals surface area contributed by atoms with Crippen LogP contribution in [-0.4, -0.2) is 39.9 Å². The van der Waals surface area contributed by atoms with E-state index in [1.54, 1.807) is 10.7 Å². The van der Waals surface area contributed by atoms with Crippen molar-refractivity contribution >= 4 is 11.9 Å². The SMILES string of the molecule is CC(C)C[C@H](CNC(=O)c1cc2n(n1)CCO2)CC(=O)O. The zero-order valence-electron chi connectivity index (χ0n) is 12.3. The number of aromatic nitrogens is 2. The lowest BCUT2D eigenvalue weighted by Crippen LogP contribution is -2.31. The standard InChI is InChI=1S/C14H21N3O4/c1-9(2)5-10(6-13(18)19)8-15-14(20)11-7-12-17(16-11)3-4-21-12/h7,9-10H,3-6,8H2,1-2H3,(H,15,20)(H,18,19)/t10-/m0/s1. The van der Waals surface area contributed by atoms with Gasteiger partial charge in [0.1, 0.15) is 6.61 Å². The average molecular weight is 295 g/mol. The van der Waals surface area contributed by atoms with E-state index in [9.17, 15) is 9.59 Å². The molecule has 0 aliphatic carbocycles. The molecule has 1 amide bonds. The van der Waals surface area contributed by atoms with Crippen LogP contribution in [0.2, 0.25) is 0 Å². The Morgan fingerprint density at radius 2 is 2.29 bits per heavy atom. The summed E-state index contributed by atoms with van der Waals surface area (Å²) in [7, 11) is 0. The molecule has 21 heavy (non-hydrogen) atoms. The summed E-state index contributed by atoms with van der Waals surface area (Å²) in [5, 5.41) is 15.8. The second kappa shape index (κ2) is 6.60. The van der Waals surface area contributed by atoms with Crippen LogP contribution < -0.4 is 10.1 Å². The summed E-state index contributed by atoms with van der Waals surface area (Å²) < 4.78 is 6.95. The molecule has 2 N–H and O–H groups in total. The lowest BCUT2D eigenvalue weighted by molar-refractivity contribution is -0.138. The lowest BCUT2D eigenvalue weighted by atomic mass is 9.94. The molecule has 0 saturated heterocycles. The van der Waals surface area contributed by atoms with E-state index in [0.29, 0.717) is 37.2 Å². The van der Waals surface area contributed by atoms with Gasteiger partial charge < -0.3 is 15.2 Å². The second-order valence-electron chi connectivity index (χ2n) is 5.74. The van der Waals surface area contributed by atoms with Crippen molar-refractivity contribution in [1.29, 1.82) is 0 Å². The van der Waals surface area contributed by atoms with Gasteiger partial charge in [-0.3, -0.25) is 9.59 Å². The summed E-state index contributed by atoms with van der Waals surface area (Å²) in [6.07, 6.45) is 0.816. The summed E-state index contributed by atoms with van der Waals surface area (Å²) in [5.74, 6) is -0.221. The minimum atomic E-state index is -0.843. The van der Waals surface area contributed by atoms with Gasteiger partial charge in [-0.25, -0.2) is 4.68 Å². The first-order valence-electron chi connectivity index (χ1n) is 7.16. The molecule has 7 nitrogen and oxygen atoms in total. The molecule has 116 valence electrons. The van der Waals surface area contributed by atoms with E-state index in [0.717, 1.165) is 6.42 Å². The molecule has 0 aromatic carbocycles. The highest BCUT2D eigenvalue weighted by molar-refractivity contribution is 5.92. The third-order valence-corrected chi connectivity index (χ3v) is 3.35. The van der Waals surface area contributed by atoms with Crippen molar-refractivity contribution in [2.75, 3.05) is 13.2 Å². The van der Waals surface area contributed by atoms with Gasteiger partial charge in [0, 0.05) is 19.0 Å². The highest BCUT2D eigenvalue weighted by atomic mass is 16.5. The quantitative estimate of drug-likeness (QED) is 0.787. The molecule has 2 heterocycles. The zero-order chi connectivity index (χ0) is 15.4. The van der Waals surface area contributed by atoms with Crippen molar-refractivity contribution in [3.05, 3.63) is 11.8 Å². The van der Waals surface area contributed by atoms with E-state index >= 15 is 0 Å². The molecule has 1 aliphatic heterocycles. The van der Waals surface area contributed by atoms with Crippen LogP contribution in [-0.2, 0) is 11.3 Å². The maximum Gasteiger partial charge on any atom is 0.303 e. The van der Waals surface area contributed by atoms with Crippen LogP contribution in [0.1, 0.15) is 37.2 Å². The molecule has 0 radical (unpaired) electrons. The summed E-state index contributed by atoms with van der Waals surface area (Å²) in [6, 6.07) is 1.61. The fourth-order valence-corrected chi connectivity index (χ4v) is 2.50. The molecule has 1 aliphatic rings. The Kier molecular flexibility index (Phi) is 4.82. The van der Waals surface area contributed by atoms with Crippen LogP contribution in [0.15, 0.2) is 6.07 Å². The number of rotatable bonds is 7. The summed E-state index contributed by atoms with van der Waals surface area (Å²) >= 11 is 0. The van der Waals surface area contributed by atoms with Crippen LogP contribution in [0, 0.1) is 11.8 Å². The van der Waals surface area contributed by atoms with Gasteiger partial charge in [0.25, 0.3) is 5.91 Å². The summed E-state index contributed by atoms with van der Waals surface area (Å²) in [4.78, 5) is 22.9. The third-order valence-electron chi connectivity index (χ3n) is 3.35.